The maximum absolute atomic E-state index is 12.8. The number of hydrogen-bond donors (Lipinski definition) is 3. The molecule has 34 heavy (non-hydrogen) atoms. The first-order valence-electron chi connectivity index (χ1n) is 10.6. The van der Waals surface area contributed by atoms with E-state index in [4.69, 9.17) is 28.9 Å². The molecular weight excluding hydrogens is 493 g/mol. The molecule has 0 bridgehead atoms. The van der Waals surface area contributed by atoms with Gasteiger partial charge in [-0.25, -0.2) is 13.2 Å². The number of hydrogen-bond acceptors (Lipinski definition) is 4. The second kappa shape index (κ2) is 10.8. The van der Waals surface area contributed by atoms with Crippen molar-refractivity contribution in [2.24, 2.45) is 5.73 Å². The Labute approximate surface area is 210 Å². The molecule has 0 atom stereocenters. The van der Waals surface area contributed by atoms with Crippen molar-refractivity contribution in [1.29, 1.82) is 0 Å². The van der Waals surface area contributed by atoms with Gasteiger partial charge in [0.2, 0.25) is 0 Å². The Morgan fingerprint density at radius 2 is 1.56 bits per heavy atom. The van der Waals surface area contributed by atoms with Crippen LogP contribution in [0.25, 0.3) is 0 Å². The lowest BCUT2D eigenvalue weighted by molar-refractivity contribution is 0.251. The van der Waals surface area contributed by atoms with Crippen LogP contribution < -0.4 is 16.4 Å². The highest BCUT2D eigenvalue weighted by Gasteiger charge is 2.17. The Bertz CT molecular complexity index is 1250. The van der Waals surface area contributed by atoms with E-state index in [1.165, 1.54) is 12.1 Å². The van der Waals surface area contributed by atoms with Crippen LogP contribution in [0.1, 0.15) is 30.5 Å². The average molecular weight is 520 g/mol. The molecule has 0 aromatic heterocycles. The van der Waals surface area contributed by atoms with Gasteiger partial charge < -0.3 is 16.4 Å². The van der Waals surface area contributed by atoms with Gasteiger partial charge in [0.1, 0.15) is 0 Å². The Balaban J connectivity index is 1.58. The largest absolute Gasteiger partial charge is 0.334 e. The van der Waals surface area contributed by atoms with Crippen LogP contribution in [0.2, 0.25) is 10.0 Å². The van der Waals surface area contributed by atoms with Gasteiger partial charge in [-0.05, 0) is 67.3 Å². The molecule has 0 saturated heterocycles. The monoisotopic (exact) mass is 519 g/mol. The highest BCUT2D eigenvalue weighted by Crippen LogP contribution is 2.25. The molecule has 0 saturated carbocycles. The highest BCUT2D eigenvalue weighted by molar-refractivity contribution is 7.90. The van der Waals surface area contributed by atoms with Gasteiger partial charge in [-0.15, -0.1) is 0 Å². The summed E-state index contributed by atoms with van der Waals surface area (Å²) in [5.41, 5.74) is 8.61. The third-order valence-electron chi connectivity index (χ3n) is 4.98. The van der Waals surface area contributed by atoms with E-state index in [9.17, 15) is 13.2 Å². The molecule has 0 radical (unpaired) electrons. The van der Waals surface area contributed by atoms with E-state index in [1.54, 1.807) is 30.3 Å². The minimum atomic E-state index is -3.54. The van der Waals surface area contributed by atoms with E-state index in [0.717, 1.165) is 5.56 Å². The Morgan fingerprint density at radius 3 is 2.18 bits per heavy atom. The maximum Gasteiger partial charge on any atom is 0.319 e. The van der Waals surface area contributed by atoms with Crippen LogP contribution in [0.3, 0.4) is 0 Å². The summed E-state index contributed by atoms with van der Waals surface area (Å²) in [7, 11) is -3.54. The third-order valence-corrected chi connectivity index (χ3v) is 7.54. The highest BCUT2D eigenvalue weighted by atomic mass is 35.5. The standard InChI is InChI=1S/C25H27Cl2N3O3S/c1-25(2,28)14-17-6-8-18(9-7-17)16-34(32,33)21-12-10-20(11-13-21)30-24(31)29-15-19-4-3-5-22(26)23(19)27/h3-13H,14-16,28H2,1-2H3,(H2,29,30,31). The van der Waals surface area contributed by atoms with Crippen molar-refractivity contribution in [2.45, 2.75) is 43.0 Å². The van der Waals surface area contributed by atoms with Crippen molar-refractivity contribution in [3.8, 4) is 0 Å². The van der Waals surface area contributed by atoms with Crippen LogP contribution in [-0.2, 0) is 28.6 Å². The molecule has 0 spiro atoms. The number of halogens is 2. The zero-order valence-electron chi connectivity index (χ0n) is 18.9. The molecule has 2 amide bonds. The molecule has 9 heteroatoms. The van der Waals surface area contributed by atoms with Gasteiger partial charge in [-0.1, -0.05) is 59.6 Å². The first-order valence-corrected chi connectivity index (χ1v) is 13.0. The number of carbonyl (C=O) groups excluding carboxylic acids is 1. The van der Waals surface area contributed by atoms with Crippen molar-refractivity contribution < 1.29 is 13.2 Å². The van der Waals surface area contributed by atoms with Crippen LogP contribution >= 0.6 is 23.2 Å². The number of anilines is 1. The zero-order valence-corrected chi connectivity index (χ0v) is 21.3. The summed E-state index contributed by atoms with van der Waals surface area (Å²) in [6.07, 6.45) is 0.703. The number of benzene rings is 3. The summed E-state index contributed by atoms with van der Waals surface area (Å²) < 4.78 is 25.6. The molecule has 0 unspecified atom stereocenters. The van der Waals surface area contributed by atoms with E-state index in [-0.39, 0.29) is 22.7 Å². The van der Waals surface area contributed by atoms with Gasteiger partial charge in [-0.2, -0.15) is 0 Å². The second-order valence-electron chi connectivity index (χ2n) is 8.79. The Hall–Kier alpha value is -2.58. The molecule has 3 rings (SSSR count). The summed E-state index contributed by atoms with van der Waals surface area (Å²) in [6.45, 7) is 4.09. The van der Waals surface area contributed by atoms with Crippen molar-refractivity contribution >= 4 is 44.8 Å². The molecule has 0 aliphatic heterocycles. The summed E-state index contributed by atoms with van der Waals surface area (Å²) in [6, 6.07) is 18.2. The first-order chi connectivity index (χ1) is 15.9. The number of amides is 2. The maximum atomic E-state index is 12.8. The number of sulfone groups is 1. The minimum Gasteiger partial charge on any atom is -0.334 e. The summed E-state index contributed by atoms with van der Waals surface area (Å²) >= 11 is 12.1. The Kier molecular flexibility index (Phi) is 8.25. The van der Waals surface area contributed by atoms with Crippen molar-refractivity contribution in [1.82, 2.24) is 5.32 Å². The van der Waals surface area contributed by atoms with Gasteiger partial charge in [-0.3, -0.25) is 0 Å². The number of nitrogens with one attached hydrogen (secondary N) is 2. The fraction of sp³-hybridized carbons (Fsp3) is 0.240. The smallest absolute Gasteiger partial charge is 0.319 e. The topological polar surface area (TPSA) is 101 Å². The molecule has 0 aliphatic carbocycles. The fourth-order valence-electron chi connectivity index (χ4n) is 3.36. The van der Waals surface area contributed by atoms with Crippen molar-refractivity contribution in [2.75, 3.05) is 5.32 Å². The lowest BCUT2D eigenvalue weighted by Crippen LogP contribution is -2.34. The Morgan fingerprint density at radius 1 is 0.941 bits per heavy atom. The average Bonchev–Trinajstić information content (AvgIpc) is 2.75. The summed E-state index contributed by atoms with van der Waals surface area (Å²) in [5.74, 6) is -0.118. The molecule has 0 fully saturated rings. The normalized spacial score (nSPS) is 11.8. The van der Waals surface area contributed by atoms with Gasteiger partial charge in [0.05, 0.1) is 20.7 Å². The molecule has 0 aliphatic rings. The molecule has 3 aromatic carbocycles. The van der Waals surface area contributed by atoms with Crippen LogP contribution in [-0.4, -0.2) is 20.0 Å². The van der Waals surface area contributed by atoms with E-state index in [1.807, 2.05) is 38.1 Å². The van der Waals surface area contributed by atoms with Gasteiger partial charge in [0.25, 0.3) is 0 Å². The number of rotatable bonds is 8. The van der Waals surface area contributed by atoms with E-state index in [0.29, 0.717) is 33.3 Å². The molecule has 6 nitrogen and oxygen atoms in total. The number of nitrogens with two attached hydrogens (primary N) is 1. The summed E-state index contributed by atoms with van der Waals surface area (Å²) in [5, 5.41) is 6.16. The number of urea groups is 1. The molecular formula is C25H27Cl2N3O3S. The molecule has 0 heterocycles. The fourth-order valence-corrected chi connectivity index (χ4v) is 5.10. The van der Waals surface area contributed by atoms with Gasteiger partial charge in [0.15, 0.2) is 9.84 Å². The molecule has 3 aromatic rings. The minimum absolute atomic E-state index is 0.118. The predicted molar refractivity (Wildman–Crippen MR) is 138 cm³/mol. The van der Waals surface area contributed by atoms with Crippen LogP contribution in [0, 0.1) is 0 Å². The quantitative estimate of drug-likeness (QED) is 0.362. The van der Waals surface area contributed by atoms with Crippen molar-refractivity contribution in [3.63, 3.8) is 0 Å². The van der Waals surface area contributed by atoms with Gasteiger partial charge in [0, 0.05) is 17.8 Å². The van der Waals surface area contributed by atoms with E-state index >= 15 is 0 Å². The van der Waals surface area contributed by atoms with Crippen LogP contribution in [0.5, 0.6) is 0 Å². The zero-order chi connectivity index (χ0) is 24.9. The number of carbonyl (C=O) groups is 1. The predicted octanol–water partition coefficient (Wildman–Crippen LogP) is 5.57. The lowest BCUT2D eigenvalue weighted by Gasteiger charge is -2.18. The SMILES string of the molecule is CC(C)(N)Cc1ccc(CS(=O)(=O)c2ccc(NC(=O)NCc3cccc(Cl)c3Cl)cc2)cc1. The molecule has 4 N–H and O–H groups in total. The third kappa shape index (κ3) is 7.46. The van der Waals surface area contributed by atoms with Crippen molar-refractivity contribution in [3.05, 3.63) is 93.5 Å². The van der Waals surface area contributed by atoms with Gasteiger partial charge >= 0.3 is 6.03 Å². The van der Waals surface area contributed by atoms with Crippen LogP contribution in [0.4, 0.5) is 10.5 Å². The summed E-state index contributed by atoms with van der Waals surface area (Å²) in [4.78, 5) is 12.4. The van der Waals surface area contributed by atoms with E-state index < -0.39 is 15.9 Å². The second-order valence-corrected chi connectivity index (χ2v) is 11.6. The first kappa shape index (κ1) is 26.0. The van der Waals surface area contributed by atoms with Crippen LogP contribution in [0.15, 0.2) is 71.6 Å². The lowest BCUT2D eigenvalue weighted by atomic mass is 9.96. The molecule has 180 valence electrons. The van der Waals surface area contributed by atoms with E-state index in [2.05, 4.69) is 10.6 Å².